The molecule has 0 saturated heterocycles. The summed E-state index contributed by atoms with van der Waals surface area (Å²) in [5, 5.41) is 0. The van der Waals surface area contributed by atoms with Crippen LogP contribution in [0, 0.1) is 5.92 Å². The van der Waals surface area contributed by atoms with Crippen molar-refractivity contribution < 1.29 is 13.9 Å². The molecule has 2 N–H and O–H groups in total. The van der Waals surface area contributed by atoms with E-state index >= 15 is 4.39 Å². The van der Waals surface area contributed by atoms with Gasteiger partial charge in [0.15, 0.2) is 5.67 Å². The Bertz CT molecular complexity index is 384. The standard InChI is InChI=1S/C13H18FNO2/c1-16-10-4-3-5-11(17-2)12(10)13(14,8-15)9-6-7-9/h3-5,9H,6-8,15H2,1-2H3. The van der Waals surface area contributed by atoms with Gasteiger partial charge in [0.1, 0.15) is 11.5 Å². The summed E-state index contributed by atoms with van der Waals surface area (Å²) in [6.07, 6.45) is 1.74. The smallest absolute Gasteiger partial charge is 0.158 e. The first-order chi connectivity index (χ1) is 8.17. The summed E-state index contributed by atoms with van der Waals surface area (Å²) >= 11 is 0. The SMILES string of the molecule is COc1cccc(OC)c1C(F)(CN)C1CC1. The average molecular weight is 239 g/mol. The molecule has 1 fully saturated rings. The van der Waals surface area contributed by atoms with Gasteiger partial charge in [0.05, 0.1) is 19.8 Å². The second-order valence-electron chi connectivity index (χ2n) is 4.38. The number of benzene rings is 1. The molecule has 1 aliphatic carbocycles. The van der Waals surface area contributed by atoms with E-state index in [-0.39, 0.29) is 12.5 Å². The van der Waals surface area contributed by atoms with Crippen molar-refractivity contribution in [2.45, 2.75) is 18.5 Å². The Labute approximate surface area is 101 Å². The normalized spacial score (nSPS) is 18.6. The molecule has 0 aromatic heterocycles. The van der Waals surface area contributed by atoms with Crippen molar-refractivity contribution in [3.63, 3.8) is 0 Å². The monoisotopic (exact) mass is 239 g/mol. The highest BCUT2D eigenvalue weighted by Gasteiger charge is 2.49. The molecule has 0 bridgehead atoms. The number of ether oxygens (including phenoxy) is 2. The number of alkyl halides is 1. The molecule has 0 aliphatic heterocycles. The highest BCUT2D eigenvalue weighted by atomic mass is 19.1. The third kappa shape index (κ3) is 1.97. The number of methoxy groups -OCH3 is 2. The molecule has 1 unspecified atom stereocenters. The predicted molar refractivity (Wildman–Crippen MR) is 64.1 cm³/mol. The summed E-state index contributed by atoms with van der Waals surface area (Å²) in [4.78, 5) is 0. The lowest BCUT2D eigenvalue weighted by Crippen LogP contribution is -2.33. The molecule has 0 radical (unpaired) electrons. The van der Waals surface area contributed by atoms with E-state index in [9.17, 15) is 0 Å². The van der Waals surface area contributed by atoms with Crippen LogP contribution in [0.4, 0.5) is 4.39 Å². The lowest BCUT2D eigenvalue weighted by molar-refractivity contribution is 0.133. The van der Waals surface area contributed by atoms with Gasteiger partial charge in [-0.15, -0.1) is 0 Å². The van der Waals surface area contributed by atoms with Crippen LogP contribution in [0.1, 0.15) is 18.4 Å². The van der Waals surface area contributed by atoms with Crippen LogP contribution >= 0.6 is 0 Å². The van der Waals surface area contributed by atoms with Crippen molar-refractivity contribution in [1.29, 1.82) is 0 Å². The van der Waals surface area contributed by atoms with Gasteiger partial charge in [-0.05, 0) is 30.9 Å². The first-order valence-electron chi connectivity index (χ1n) is 5.77. The van der Waals surface area contributed by atoms with Crippen molar-refractivity contribution in [1.82, 2.24) is 0 Å². The van der Waals surface area contributed by atoms with Gasteiger partial charge >= 0.3 is 0 Å². The van der Waals surface area contributed by atoms with Gasteiger partial charge in [0, 0.05) is 6.54 Å². The van der Waals surface area contributed by atoms with Crippen molar-refractivity contribution in [3.8, 4) is 11.5 Å². The lowest BCUT2D eigenvalue weighted by Gasteiger charge is -2.27. The largest absolute Gasteiger partial charge is 0.496 e. The van der Waals surface area contributed by atoms with Crippen LogP contribution in [0.25, 0.3) is 0 Å². The molecule has 4 heteroatoms. The minimum atomic E-state index is -1.54. The minimum Gasteiger partial charge on any atom is -0.496 e. The predicted octanol–water partition coefficient (Wildman–Crippen LogP) is 2.24. The van der Waals surface area contributed by atoms with Gasteiger partial charge in [-0.25, -0.2) is 4.39 Å². The summed E-state index contributed by atoms with van der Waals surface area (Å²) in [6.45, 7) is -0.0472. The summed E-state index contributed by atoms with van der Waals surface area (Å²) in [7, 11) is 3.06. The highest BCUT2D eigenvalue weighted by molar-refractivity contribution is 5.49. The molecule has 0 amide bonds. The van der Waals surface area contributed by atoms with Crippen LogP contribution in [0.2, 0.25) is 0 Å². The fraction of sp³-hybridized carbons (Fsp3) is 0.538. The second-order valence-corrected chi connectivity index (χ2v) is 4.38. The van der Waals surface area contributed by atoms with Crippen LogP contribution in [-0.4, -0.2) is 20.8 Å². The summed E-state index contributed by atoms with van der Waals surface area (Å²) in [5.41, 5.74) is 4.55. The Kier molecular flexibility index (Phi) is 3.24. The maximum absolute atomic E-state index is 15.0. The summed E-state index contributed by atoms with van der Waals surface area (Å²) < 4.78 is 25.5. The minimum absolute atomic E-state index is 0.0160. The first-order valence-corrected chi connectivity index (χ1v) is 5.77. The molecule has 1 saturated carbocycles. The maximum atomic E-state index is 15.0. The molecule has 1 aliphatic rings. The van der Waals surface area contributed by atoms with Gasteiger partial charge in [-0.3, -0.25) is 0 Å². The third-order valence-electron chi connectivity index (χ3n) is 3.36. The first kappa shape index (κ1) is 12.2. The van der Waals surface area contributed by atoms with Crippen LogP contribution in [0.5, 0.6) is 11.5 Å². The van der Waals surface area contributed by atoms with E-state index in [1.165, 1.54) is 14.2 Å². The zero-order valence-electron chi connectivity index (χ0n) is 10.2. The van der Waals surface area contributed by atoms with Crippen LogP contribution < -0.4 is 15.2 Å². The number of nitrogens with two attached hydrogens (primary N) is 1. The maximum Gasteiger partial charge on any atom is 0.158 e. The zero-order valence-corrected chi connectivity index (χ0v) is 10.2. The average Bonchev–Trinajstić information content (AvgIpc) is 3.21. The summed E-state index contributed by atoms with van der Waals surface area (Å²) in [5.74, 6) is 0.992. The molecular weight excluding hydrogens is 221 g/mol. The Morgan fingerprint density at radius 3 is 2.18 bits per heavy atom. The van der Waals surface area contributed by atoms with Crippen molar-refractivity contribution >= 4 is 0 Å². The highest BCUT2D eigenvalue weighted by Crippen LogP contribution is 2.52. The Hall–Kier alpha value is -1.29. The molecule has 0 heterocycles. The number of hydrogen-bond donors (Lipinski definition) is 1. The third-order valence-corrected chi connectivity index (χ3v) is 3.36. The number of hydrogen-bond acceptors (Lipinski definition) is 3. The second kappa shape index (κ2) is 4.53. The van der Waals surface area contributed by atoms with Gasteiger partial charge in [-0.1, -0.05) is 6.07 Å². The molecule has 3 nitrogen and oxygen atoms in total. The van der Waals surface area contributed by atoms with Crippen LogP contribution in [0.15, 0.2) is 18.2 Å². The van der Waals surface area contributed by atoms with E-state index in [0.717, 1.165) is 12.8 Å². The van der Waals surface area contributed by atoms with E-state index < -0.39 is 5.67 Å². The molecule has 17 heavy (non-hydrogen) atoms. The van der Waals surface area contributed by atoms with E-state index in [0.29, 0.717) is 17.1 Å². The molecule has 94 valence electrons. The fourth-order valence-corrected chi connectivity index (χ4v) is 2.27. The van der Waals surface area contributed by atoms with E-state index in [1.54, 1.807) is 18.2 Å². The molecule has 2 rings (SSSR count). The molecule has 1 aromatic carbocycles. The van der Waals surface area contributed by atoms with E-state index in [4.69, 9.17) is 15.2 Å². The Morgan fingerprint density at radius 1 is 1.29 bits per heavy atom. The van der Waals surface area contributed by atoms with E-state index in [1.807, 2.05) is 0 Å². The topological polar surface area (TPSA) is 44.5 Å². The van der Waals surface area contributed by atoms with Gasteiger partial charge < -0.3 is 15.2 Å². The van der Waals surface area contributed by atoms with Gasteiger partial charge in [0.2, 0.25) is 0 Å². The number of halogens is 1. The van der Waals surface area contributed by atoms with Crippen molar-refractivity contribution in [2.24, 2.45) is 11.7 Å². The fourth-order valence-electron chi connectivity index (χ4n) is 2.27. The number of rotatable bonds is 5. The Morgan fingerprint density at radius 2 is 1.82 bits per heavy atom. The zero-order chi connectivity index (χ0) is 12.5. The molecule has 1 atom stereocenters. The van der Waals surface area contributed by atoms with Crippen LogP contribution in [-0.2, 0) is 5.67 Å². The molecular formula is C13H18FNO2. The Balaban J connectivity index is 2.54. The van der Waals surface area contributed by atoms with Gasteiger partial charge in [-0.2, -0.15) is 0 Å². The quantitative estimate of drug-likeness (QED) is 0.857. The lowest BCUT2D eigenvalue weighted by atomic mass is 9.89. The van der Waals surface area contributed by atoms with E-state index in [2.05, 4.69) is 0 Å². The van der Waals surface area contributed by atoms with Crippen LogP contribution in [0.3, 0.4) is 0 Å². The van der Waals surface area contributed by atoms with Crippen molar-refractivity contribution in [2.75, 3.05) is 20.8 Å². The molecule has 0 spiro atoms. The summed E-state index contributed by atoms with van der Waals surface area (Å²) in [6, 6.07) is 5.26. The molecule has 1 aromatic rings. The van der Waals surface area contributed by atoms with Gasteiger partial charge in [0.25, 0.3) is 0 Å². The van der Waals surface area contributed by atoms with Crippen molar-refractivity contribution in [3.05, 3.63) is 23.8 Å².